The lowest BCUT2D eigenvalue weighted by molar-refractivity contribution is 0.141. The minimum atomic E-state index is -4.23. The molecular weight excluding hydrogens is 427 g/mol. The number of unbranched alkanes of at least 4 members (excludes halogenated alkanes) is 10. The molecule has 4 N–H and O–H groups in total. The van der Waals surface area contributed by atoms with Crippen molar-refractivity contribution in [3.05, 3.63) is 0 Å². The molecule has 0 amide bonds. The van der Waals surface area contributed by atoms with Crippen molar-refractivity contribution < 1.29 is 26.9 Å². The lowest BCUT2D eigenvalue weighted by Gasteiger charge is -2.20. The Kier molecular flexibility index (Phi) is 18.5. The maximum Gasteiger partial charge on any atom is 0.472 e. The van der Waals surface area contributed by atoms with Crippen molar-refractivity contribution in [1.29, 1.82) is 0 Å². The van der Waals surface area contributed by atoms with Crippen LogP contribution in [0, 0.1) is 0 Å². The summed E-state index contributed by atoms with van der Waals surface area (Å²) in [5.74, 6) is 0.0634. The van der Waals surface area contributed by atoms with Crippen LogP contribution in [0.4, 0.5) is 0 Å². The van der Waals surface area contributed by atoms with E-state index in [0.29, 0.717) is 12.8 Å². The number of nitrogens with two attached hydrogens (primary N) is 1. The van der Waals surface area contributed by atoms with Gasteiger partial charge in [0.1, 0.15) is 0 Å². The van der Waals surface area contributed by atoms with Gasteiger partial charge in [0.05, 0.1) is 19.0 Å². The van der Waals surface area contributed by atoms with Crippen molar-refractivity contribution in [2.75, 3.05) is 25.5 Å². The Labute approximate surface area is 184 Å². The largest absolute Gasteiger partial charge is 0.472 e. The summed E-state index contributed by atoms with van der Waals surface area (Å²) in [6, 6.07) is -0.553. The zero-order chi connectivity index (χ0) is 22.7. The Bertz CT molecular complexity index is 547. The van der Waals surface area contributed by atoms with Crippen molar-refractivity contribution in [1.82, 2.24) is 4.72 Å². The highest BCUT2D eigenvalue weighted by molar-refractivity contribution is 7.89. The molecule has 0 saturated heterocycles. The second-order valence-electron chi connectivity index (χ2n) is 7.84. The molecule has 8 nitrogen and oxygen atoms in total. The Morgan fingerprint density at radius 2 is 1.43 bits per heavy atom. The number of phosphoric acid groups is 1. The van der Waals surface area contributed by atoms with E-state index >= 15 is 0 Å². The summed E-state index contributed by atoms with van der Waals surface area (Å²) >= 11 is 0. The van der Waals surface area contributed by atoms with Gasteiger partial charge < -0.3 is 10.6 Å². The predicted octanol–water partition coefficient (Wildman–Crippen LogP) is 4.48. The highest BCUT2D eigenvalue weighted by Crippen LogP contribution is 2.43. The monoisotopic (exact) mass is 472 g/mol. The van der Waals surface area contributed by atoms with Gasteiger partial charge in [-0.25, -0.2) is 17.7 Å². The molecule has 10 heteroatoms. The van der Waals surface area contributed by atoms with Crippen molar-refractivity contribution in [2.45, 2.75) is 103 Å². The van der Waals surface area contributed by atoms with Crippen LogP contribution in [-0.4, -0.2) is 44.9 Å². The smallest absolute Gasteiger partial charge is 0.328 e. The van der Waals surface area contributed by atoms with E-state index in [1.165, 1.54) is 25.7 Å². The van der Waals surface area contributed by atoms with Crippen LogP contribution >= 0.6 is 7.82 Å². The summed E-state index contributed by atoms with van der Waals surface area (Å²) in [7, 11) is -7.70. The SMILES string of the molecule is CCCCCCCCCCS(=O)(=O)NC(CCCCCC)COP(=O)(O)OCCN. The van der Waals surface area contributed by atoms with E-state index in [4.69, 9.17) is 14.8 Å². The molecule has 0 fully saturated rings. The predicted molar refractivity (Wildman–Crippen MR) is 123 cm³/mol. The van der Waals surface area contributed by atoms with Gasteiger partial charge >= 0.3 is 7.82 Å². The lowest BCUT2D eigenvalue weighted by Crippen LogP contribution is -2.39. The molecule has 0 aromatic rings. The fourth-order valence-electron chi connectivity index (χ4n) is 3.12. The van der Waals surface area contributed by atoms with Gasteiger partial charge in [0.25, 0.3) is 0 Å². The molecule has 0 heterocycles. The van der Waals surface area contributed by atoms with Crippen molar-refractivity contribution in [3.8, 4) is 0 Å². The highest BCUT2D eigenvalue weighted by atomic mass is 32.2. The molecule has 0 aromatic heterocycles. The van der Waals surface area contributed by atoms with Crippen LogP contribution in [0.3, 0.4) is 0 Å². The molecule has 0 aliphatic carbocycles. The third-order valence-electron chi connectivity index (χ3n) is 4.83. The van der Waals surface area contributed by atoms with Gasteiger partial charge in [-0.1, -0.05) is 84.5 Å². The summed E-state index contributed by atoms with van der Waals surface area (Å²) in [4.78, 5) is 9.66. The van der Waals surface area contributed by atoms with Crippen LogP contribution in [0.1, 0.15) is 97.3 Å². The number of sulfonamides is 1. The summed E-state index contributed by atoms with van der Waals surface area (Å²) in [5.41, 5.74) is 5.26. The average Bonchev–Trinajstić information content (AvgIpc) is 2.69. The van der Waals surface area contributed by atoms with Gasteiger partial charge in [0, 0.05) is 12.6 Å². The first-order valence-corrected chi connectivity index (χ1v) is 14.7. The normalized spacial score (nSPS) is 15.2. The van der Waals surface area contributed by atoms with E-state index in [-0.39, 0.29) is 25.5 Å². The quantitative estimate of drug-likeness (QED) is 0.157. The summed E-state index contributed by atoms with van der Waals surface area (Å²) in [6.45, 7) is 4.08. The molecule has 30 heavy (non-hydrogen) atoms. The lowest BCUT2D eigenvalue weighted by atomic mass is 10.1. The summed E-state index contributed by atoms with van der Waals surface area (Å²) in [6.07, 6.45) is 13.1. The van der Waals surface area contributed by atoms with E-state index in [2.05, 4.69) is 18.6 Å². The van der Waals surface area contributed by atoms with Gasteiger partial charge in [-0.2, -0.15) is 0 Å². The summed E-state index contributed by atoms with van der Waals surface area (Å²) < 4.78 is 49.1. The van der Waals surface area contributed by atoms with E-state index in [1.807, 2.05) is 0 Å². The molecule has 0 spiro atoms. The second kappa shape index (κ2) is 18.5. The van der Waals surface area contributed by atoms with Crippen LogP contribution in [-0.2, 0) is 23.6 Å². The number of phosphoric ester groups is 1. The zero-order valence-electron chi connectivity index (χ0n) is 19.0. The van der Waals surface area contributed by atoms with Crippen molar-refractivity contribution in [2.24, 2.45) is 5.73 Å². The number of hydrogen-bond acceptors (Lipinski definition) is 6. The third-order valence-corrected chi connectivity index (χ3v) is 7.33. The van der Waals surface area contributed by atoms with E-state index in [9.17, 15) is 17.9 Å². The Morgan fingerprint density at radius 3 is 2.00 bits per heavy atom. The van der Waals surface area contributed by atoms with Gasteiger partial charge in [0.2, 0.25) is 10.0 Å². The Balaban J connectivity index is 4.43. The molecule has 0 saturated carbocycles. The number of nitrogens with one attached hydrogen (secondary N) is 1. The fraction of sp³-hybridized carbons (Fsp3) is 1.00. The maximum atomic E-state index is 12.5. The van der Waals surface area contributed by atoms with Crippen LogP contribution in [0.5, 0.6) is 0 Å². The molecule has 0 radical (unpaired) electrons. The van der Waals surface area contributed by atoms with Crippen molar-refractivity contribution in [3.63, 3.8) is 0 Å². The minimum Gasteiger partial charge on any atom is -0.328 e. The molecule has 2 unspecified atom stereocenters. The van der Waals surface area contributed by atoms with Gasteiger partial charge in [0.15, 0.2) is 0 Å². The molecule has 182 valence electrons. The van der Waals surface area contributed by atoms with Crippen molar-refractivity contribution >= 4 is 17.8 Å². The molecule has 0 bridgehead atoms. The Morgan fingerprint density at radius 1 is 0.900 bits per heavy atom. The third kappa shape index (κ3) is 18.7. The van der Waals surface area contributed by atoms with E-state index in [0.717, 1.165) is 44.9 Å². The van der Waals surface area contributed by atoms with Gasteiger partial charge in [-0.05, 0) is 12.8 Å². The highest BCUT2D eigenvalue weighted by Gasteiger charge is 2.25. The van der Waals surface area contributed by atoms with Crippen LogP contribution in [0.2, 0.25) is 0 Å². The Hall–Kier alpha value is -0.0200. The van der Waals surface area contributed by atoms with Gasteiger partial charge in [-0.3, -0.25) is 9.05 Å². The van der Waals surface area contributed by atoms with E-state index in [1.54, 1.807) is 0 Å². The minimum absolute atomic E-state index is 0.0634. The molecule has 2 atom stereocenters. The standard InChI is InChI=1S/C20H45N2O6PS/c1-3-5-7-9-10-11-12-14-18-30(25,26)22-20(15-13-8-6-4-2)19-28-29(23,24)27-17-16-21/h20,22H,3-19,21H2,1-2H3,(H,23,24). The molecule has 0 rings (SSSR count). The second-order valence-corrected chi connectivity index (χ2v) is 11.2. The zero-order valence-corrected chi connectivity index (χ0v) is 20.7. The van der Waals surface area contributed by atoms with Crippen LogP contribution < -0.4 is 10.5 Å². The molecular formula is C20H45N2O6PS. The molecule has 0 aliphatic heterocycles. The number of rotatable bonds is 22. The maximum absolute atomic E-state index is 12.5. The van der Waals surface area contributed by atoms with Gasteiger partial charge in [-0.15, -0.1) is 0 Å². The molecule has 0 aromatic carbocycles. The van der Waals surface area contributed by atoms with E-state index < -0.39 is 23.9 Å². The van der Waals surface area contributed by atoms with Crippen LogP contribution in [0.15, 0.2) is 0 Å². The molecule has 0 aliphatic rings. The summed E-state index contributed by atoms with van der Waals surface area (Å²) in [5, 5.41) is 0. The topological polar surface area (TPSA) is 128 Å². The first-order chi connectivity index (χ1) is 14.3. The first kappa shape index (κ1) is 30.0. The average molecular weight is 473 g/mol. The van der Waals surface area contributed by atoms with Crippen LogP contribution in [0.25, 0.3) is 0 Å². The fourth-order valence-corrected chi connectivity index (χ4v) is 5.30. The first-order valence-electron chi connectivity index (χ1n) is 11.6. The number of hydrogen-bond donors (Lipinski definition) is 3.